The number of aliphatic hydroxyl groups is 2. The summed E-state index contributed by atoms with van der Waals surface area (Å²) in [5.41, 5.74) is 0. The molecule has 6 nitrogen and oxygen atoms in total. The summed E-state index contributed by atoms with van der Waals surface area (Å²) in [6.07, 6.45) is -1.81. The number of hydrogen-bond acceptors (Lipinski definition) is 6. The Balaban J connectivity index is 3.06. The molecular formula is C8H18O6. The van der Waals surface area contributed by atoms with Gasteiger partial charge in [0, 0.05) is 14.2 Å². The molecule has 0 aliphatic heterocycles. The molecule has 6 heteroatoms. The van der Waals surface area contributed by atoms with Gasteiger partial charge < -0.3 is 29.2 Å². The minimum absolute atomic E-state index is 0.104. The number of methoxy groups -OCH3 is 2. The van der Waals surface area contributed by atoms with E-state index in [2.05, 4.69) is 9.47 Å². The van der Waals surface area contributed by atoms with Crippen molar-refractivity contribution in [3.8, 4) is 0 Å². The van der Waals surface area contributed by atoms with Gasteiger partial charge in [-0.1, -0.05) is 0 Å². The molecule has 0 heterocycles. The Morgan fingerprint density at radius 2 is 1.21 bits per heavy atom. The third kappa shape index (κ3) is 8.36. The zero-order valence-corrected chi connectivity index (χ0v) is 8.51. The molecule has 0 bridgehead atoms. The van der Waals surface area contributed by atoms with Crippen LogP contribution in [-0.2, 0) is 18.9 Å². The Labute approximate surface area is 83.3 Å². The van der Waals surface area contributed by atoms with Crippen LogP contribution in [0.2, 0.25) is 0 Å². The second kappa shape index (κ2) is 9.32. The van der Waals surface area contributed by atoms with E-state index in [9.17, 15) is 0 Å². The molecule has 0 aliphatic carbocycles. The predicted octanol–water partition coefficient (Wildman–Crippen LogP) is -1.05. The molecule has 0 aliphatic rings. The van der Waals surface area contributed by atoms with Gasteiger partial charge in [0.15, 0.2) is 12.6 Å². The first-order chi connectivity index (χ1) is 6.70. The predicted molar refractivity (Wildman–Crippen MR) is 47.7 cm³/mol. The molecule has 0 aromatic carbocycles. The Morgan fingerprint density at radius 3 is 1.50 bits per heavy atom. The molecule has 2 atom stereocenters. The van der Waals surface area contributed by atoms with Gasteiger partial charge in [0.05, 0.1) is 26.4 Å². The van der Waals surface area contributed by atoms with Crippen LogP contribution in [0.3, 0.4) is 0 Å². The van der Waals surface area contributed by atoms with Crippen molar-refractivity contribution in [1.29, 1.82) is 0 Å². The quantitative estimate of drug-likeness (QED) is 0.373. The van der Waals surface area contributed by atoms with E-state index in [1.165, 1.54) is 14.2 Å². The van der Waals surface area contributed by atoms with Gasteiger partial charge in [0.1, 0.15) is 0 Å². The first-order valence-corrected chi connectivity index (χ1v) is 4.28. The van der Waals surface area contributed by atoms with Crippen LogP contribution in [0.15, 0.2) is 0 Å². The molecule has 0 fully saturated rings. The highest BCUT2D eigenvalue weighted by Crippen LogP contribution is 1.88. The van der Waals surface area contributed by atoms with Gasteiger partial charge in [0.2, 0.25) is 0 Å². The van der Waals surface area contributed by atoms with E-state index in [1.54, 1.807) is 0 Å². The standard InChI is InChI=1S/C8H18O6/c1-11-7(9)5-13-3-4-14-6-8(10)12-2/h7-10H,3-6H2,1-2H3. The molecule has 0 saturated heterocycles. The number of hydrogen-bond donors (Lipinski definition) is 2. The van der Waals surface area contributed by atoms with Crippen LogP contribution in [0.25, 0.3) is 0 Å². The van der Waals surface area contributed by atoms with Crippen molar-refractivity contribution in [2.24, 2.45) is 0 Å². The molecule has 86 valence electrons. The minimum Gasteiger partial charge on any atom is -0.374 e. The smallest absolute Gasteiger partial charge is 0.177 e. The summed E-state index contributed by atoms with van der Waals surface area (Å²) in [6.45, 7) is 0.868. The third-order valence-corrected chi connectivity index (χ3v) is 1.44. The number of rotatable bonds is 9. The van der Waals surface area contributed by atoms with Crippen molar-refractivity contribution in [3.05, 3.63) is 0 Å². The summed E-state index contributed by atoms with van der Waals surface area (Å²) < 4.78 is 19.0. The highest BCUT2D eigenvalue weighted by atomic mass is 16.6. The molecular weight excluding hydrogens is 192 g/mol. The summed E-state index contributed by atoms with van der Waals surface area (Å²) in [5.74, 6) is 0. The van der Waals surface area contributed by atoms with Crippen LogP contribution in [0.4, 0.5) is 0 Å². The zero-order valence-electron chi connectivity index (χ0n) is 8.51. The van der Waals surface area contributed by atoms with E-state index in [4.69, 9.17) is 19.7 Å². The summed E-state index contributed by atoms with van der Waals surface area (Å²) in [4.78, 5) is 0. The number of ether oxygens (including phenoxy) is 4. The van der Waals surface area contributed by atoms with Crippen molar-refractivity contribution in [2.75, 3.05) is 40.6 Å². The van der Waals surface area contributed by atoms with Gasteiger partial charge >= 0.3 is 0 Å². The average molecular weight is 210 g/mol. The molecule has 0 spiro atoms. The average Bonchev–Trinajstić information content (AvgIpc) is 2.22. The summed E-state index contributed by atoms with van der Waals surface area (Å²) >= 11 is 0. The topological polar surface area (TPSA) is 77.4 Å². The van der Waals surface area contributed by atoms with E-state index >= 15 is 0 Å². The summed E-state index contributed by atoms with van der Waals surface area (Å²) in [6, 6.07) is 0. The molecule has 2 N–H and O–H groups in total. The maximum atomic E-state index is 8.89. The highest BCUT2D eigenvalue weighted by Gasteiger charge is 2.02. The van der Waals surface area contributed by atoms with E-state index in [0.29, 0.717) is 13.2 Å². The van der Waals surface area contributed by atoms with Crippen molar-refractivity contribution in [3.63, 3.8) is 0 Å². The lowest BCUT2D eigenvalue weighted by atomic mass is 10.6. The first-order valence-electron chi connectivity index (χ1n) is 4.28. The first kappa shape index (κ1) is 13.8. The van der Waals surface area contributed by atoms with Crippen molar-refractivity contribution in [2.45, 2.75) is 12.6 Å². The molecule has 0 saturated carbocycles. The Bertz CT molecular complexity index is 106. The van der Waals surface area contributed by atoms with Crippen molar-refractivity contribution in [1.82, 2.24) is 0 Å². The normalized spacial score (nSPS) is 15.4. The zero-order chi connectivity index (χ0) is 10.8. The lowest BCUT2D eigenvalue weighted by Gasteiger charge is -2.11. The van der Waals surface area contributed by atoms with Crippen LogP contribution < -0.4 is 0 Å². The molecule has 0 aromatic heterocycles. The monoisotopic (exact) mass is 210 g/mol. The number of aliphatic hydroxyl groups excluding tert-OH is 2. The maximum Gasteiger partial charge on any atom is 0.177 e. The van der Waals surface area contributed by atoms with Crippen molar-refractivity contribution >= 4 is 0 Å². The lowest BCUT2D eigenvalue weighted by molar-refractivity contribution is -0.137. The fourth-order valence-corrected chi connectivity index (χ4v) is 0.622. The lowest BCUT2D eigenvalue weighted by Crippen LogP contribution is -2.21. The van der Waals surface area contributed by atoms with Crippen LogP contribution in [0.1, 0.15) is 0 Å². The van der Waals surface area contributed by atoms with E-state index in [0.717, 1.165) is 0 Å². The van der Waals surface area contributed by atoms with Gasteiger partial charge in [-0.15, -0.1) is 0 Å². The fourth-order valence-electron chi connectivity index (χ4n) is 0.622. The maximum absolute atomic E-state index is 8.89. The molecule has 14 heavy (non-hydrogen) atoms. The van der Waals surface area contributed by atoms with E-state index < -0.39 is 12.6 Å². The summed E-state index contributed by atoms with van der Waals surface area (Å²) in [7, 11) is 2.78. The molecule has 0 aromatic rings. The molecule has 2 unspecified atom stereocenters. The largest absolute Gasteiger partial charge is 0.374 e. The van der Waals surface area contributed by atoms with Gasteiger partial charge in [-0.05, 0) is 0 Å². The highest BCUT2D eigenvalue weighted by molar-refractivity contribution is 4.38. The second-order valence-electron chi connectivity index (χ2n) is 2.53. The van der Waals surface area contributed by atoms with E-state index in [1.807, 2.05) is 0 Å². The Hall–Kier alpha value is -0.240. The summed E-state index contributed by atoms with van der Waals surface area (Å²) in [5, 5.41) is 17.8. The molecule has 0 rings (SSSR count). The van der Waals surface area contributed by atoms with Crippen molar-refractivity contribution < 1.29 is 29.2 Å². The molecule has 0 radical (unpaired) electrons. The van der Waals surface area contributed by atoms with Crippen LogP contribution in [0.5, 0.6) is 0 Å². The third-order valence-electron chi connectivity index (χ3n) is 1.44. The molecule has 0 amide bonds. The fraction of sp³-hybridized carbons (Fsp3) is 1.00. The van der Waals surface area contributed by atoms with E-state index in [-0.39, 0.29) is 13.2 Å². The Morgan fingerprint density at radius 1 is 0.857 bits per heavy atom. The SMILES string of the molecule is COC(O)COCCOCC(O)OC. The van der Waals surface area contributed by atoms with Crippen LogP contribution >= 0.6 is 0 Å². The van der Waals surface area contributed by atoms with Crippen LogP contribution in [0, 0.1) is 0 Å². The Kier molecular flexibility index (Phi) is 9.16. The van der Waals surface area contributed by atoms with Gasteiger partial charge in [-0.2, -0.15) is 0 Å². The minimum atomic E-state index is -0.903. The van der Waals surface area contributed by atoms with Gasteiger partial charge in [0.25, 0.3) is 0 Å². The van der Waals surface area contributed by atoms with Crippen LogP contribution in [-0.4, -0.2) is 63.4 Å². The second-order valence-corrected chi connectivity index (χ2v) is 2.53. The van der Waals surface area contributed by atoms with Gasteiger partial charge in [-0.3, -0.25) is 0 Å². The van der Waals surface area contributed by atoms with Gasteiger partial charge in [-0.25, -0.2) is 0 Å².